The molecule has 0 saturated heterocycles. The van der Waals surface area contributed by atoms with E-state index in [-0.39, 0.29) is 18.7 Å². The molecule has 0 heterocycles. The predicted molar refractivity (Wildman–Crippen MR) is 78.1 cm³/mol. The average molecular weight is 346 g/mol. The van der Waals surface area contributed by atoms with Gasteiger partial charge < -0.3 is 14.5 Å². The van der Waals surface area contributed by atoms with Crippen LogP contribution in [-0.2, 0) is 27.2 Å². The molecule has 0 amide bonds. The van der Waals surface area contributed by atoms with Crippen LogP contribution in [0.2, 0.25) is 0 Å². The van der Waals surface area contributed by atoms with Gasteiger partial charge in [-0.15, -0.1) is 13.2 Å². The molecule has 0 aromatic rings. The van der Waals surface area contributed by atoms with E-state index in [4.69, 9.17) is 9.79 Å². The summed E-state index contributed by atoms with van der Waals surface area (Å²) in [4.78, 5) is 17.3. The summed E-state index contributed by atoms with van der Waals surface area (Å²) in [6.07, 6.45) is 4.39. The molecular formula is C10H20O9P2. The second-order valence-corrected chi connectivity index (χ2v) is 5.46. The van der Waals surface area contributed by atoms with E-state index in [0.717, 1.165) is 12.5 Å². The molecule has 0 aliphatic heterocycles. The van der Waals surface area contributed by atoms with Crippen LogP contribution >= 0.6 is 15.6 Å². The van der Waals surface area contributed by atoms with E-state index >= 15 is 0 Å². The number of phosphoric ester groups is 2. The molecule has 2 atom stereocenters. The second-order valence-electron chi connectivity index (χ2n) is 2.65. The predicted octanol–water partition coefficient (Wildman–Crippen LogP) is 2.07. The van der Waals surface area contributed by atoms with Crippen molar-refractivity contribution in [2.24, 2.45) is 0 Å². The maximum Gasteiger partial charge on any atom is 0.527 e. The molecule has 0 aliphatic carbocycles. The summed E-state index contributed by atoms with van der Waals surface area (Å²) < 4.78 is 38.0. The standard InChI is InChI=1S/2C5H9O4P.H2O/c2*1-3-5-9-10(6,7)8-4-2;/h2*3-4H,1-2,5H2,(H,6,7);1H2. The molecule has 0 aromatic heterocycles. The maximum absolute atomic E-state index is 10.6. The summed E-state index contributed by atoms with van der Waals surface area (Å²) in [7, 11) is -7.80. The minimum Gasteiger partial charge on any atom is -0.413 e. The number of rotatable bonds is 10. The van der Waals surface area contributed by atoms with Crippen molar-refractivity contribution in [1.82, 2.24) is 0 Å². The van der Waals surface area contributed by atoms with Crippen LogP contribution in [0.4, 0.5) is 0 Å². The molecule has 21 heavy (non-hydrogen) atoms. The third-order valence-electron chi connectivity index (χ3n) is 1.13. The Hall–Kier alpha value is -1.18. The quantitative estimate of drug-likeness (QED) is 0.347. The van der Waals surface area contributed by atoms with Crippen LogP contribution in [0.1, 0.15) is 0 Å². The Labute approximate surface area is 123 Å². The molecule has 0 aliphatic rings. The number of hydrogen-bond acceptors (Lipinski definition) is 6. The van der Waals surface area contributed by atoms with Crippen LogP contribution in [0.3, 0.4) is 0 Å². The van der Waals surface area contributed by atoms with Gasteiger partial charge in [0.2, 0.25) is 0 Å². The summed E-state index contributed by atoms with van der Waals surface area (Å²) in [6.45, 7) is 12.7. The van der Waals surface area contributed by atoms with Crippen molar-refractivity contribution in [3.8, 4) is 0 Å². The van der Waals surface area contributed by atoms with Crippen LogP contribution in [0, 0.1) is 0 Å². The van der Waals surface area contributed by atoms with Crippen LogP contribution < -0.4 is 0 Å². The Morgan fingerprint density at radius 3 is 1.29 bits per heavy atom. The van der Waals surface area contributed by atoms with Crippen LogP contribution in [-0.4, -0.2) is 28.5 Å². The summed E-state index contributed by atoms with van der Waals surface area (Å²) in [6, 6.07) is 0. The molecule has 0 radical (unpaired) electrons. The molecule has 124 valence electrons. The lowest BCUT2D eigenvalue weighted by Gasteiger charge is -2.06. The SMILES string of the molecule is C=CCOP(=O)(O)OC=C.C=CCOP(=O)(O)OC=C.O. The lowest BCUT2D eigenvalue weighted by Crippen LogP contribution is -1.89. The van der Waals surface area contributed by atoms with E-state index in [9.17, 15) is 9.13 Å². The zero-order valence-electron chi connectivity index (χ0n) is 11.3. The maximum atomic E-state index is 10.6. The fourth-order valence-electron chi connectivity index (χ4n) is 0.543. The van der Waals surface area contributed by atoms with E-state index in [1.54, 1.807) is 0 Å². The first-order valence-corrected chi connectivity index (χ1v) is 7.98. The van der Waals surface area contributed by atoms with Crippen molar-refractivity contribution < 1.29 is 42.5 Å². The van der Waals surface area contributed by atoms with Gasteiger partial charge in [-0.2, -0.15) is 0 Å². The summed E-state index contributed by atoms with van der Waals surface area (Å²) in [5.41, 5.74) is 0. The lowest BCUT2D eigenvalue weighted by atomic mass is 10.7. The van der Waals surface area contributed by atoms with Gasteiger partial charge in [0, 0.05) is 0 Å². The van der Waals surface area contributed by atoms with Gasteiger partial charge in [-0.3, -0.25) is 18.8 Å². The first kappa shape index (κ1) is 24.8. The van der Waals surface area contributed by atoms with Gasteiger partial charge in [0.1, 0.15) is 0 Å². The molecule has 0 saturated carbocycles. The average Bonchev–Trinajstić information content (AvgIpc) is 2.35. The van der Waals surface area contributed by atoms with Crippen molar-refractivity contribution in [2.75, 3.05) is 13.2 Å². The van der Waals surface area contributed by atoms with Crippen molar-refractivity contribution in [3.63, 3.8) is 0 Å². The van der Waals surface area contributed by atoms with Gasteiger partial charge >= 0.3 is 15.6 Å². The largest absolute Gasteiger partial charge is 0.527 e. The monoisotopic (exact) mass is 346 g/mol. The highest BCUT2D eigenvalue weighted by atomic mass is 31.2. The van der Waals surface area contributed by atoms with E-state index in [1.165, 1.54) is 12.2 Å². The zero-order chi connectivity index (χ0) is 16.1. The van der Waals surface area contributed by atoms with Crippen molar-refractivity contribution >= 4 is 15.6 Å². The van der Waals surface area contributed by atoms with Crippen molar-refractivity contribution in [1.29, 1.82) is 0 Å². The van der Waals surface area contributed by atoms with Gasteiger partial charge in [0.05, 0.1) is 25.7 Å². The van der Waals surface area contributed by atoms with Gasteiger partial charge in [-0.05, 0) is 0 Å². The fourth-order valence-corrected chi connectivity index (χ4v) is 1.63. The summed E-state index contributed by atoms with van der Waals surface area (Å²) in [5, 5.41) is 0. The van der Waals surface area contributed by atoms with E-state index in [0.29, 0.717) is 0 Å². The lowest BCUT2D eigenvalue weighted by molar-refractivity contribution is 0.203. The Balaban J connectivity index is -0.000000295. The molecule has 0 rings (SSSR count). The molecule has 0 bridgehead atoms. The van der Waals surface area contributed by atoms with E-state index in [2.05, 4.69) is 44.4 Å². The molecule has 11 heteroatoms. The third-order valence-corrected chi connectivity index (χ3v) is 2.91. The zero-order valence-corrected chi connectivity index (χ0v) is 13.1. The molecule has 0 fully saturated rings. The Bertz CT molecular complexity index is 369. The topological polar surface area (TPSA) is 143 Å². The first-order chi connectivity index (χ1) is 9.24. The highest BCUT2D eigenvalue weighted by Crippen LogP contribution is 2.43. The molecule has 0 aromatic carbocycles. The van der Waals surface area contributed by atoms with E-state index < -0.39 is 15.6 Å². The minimum atomic E-state index is -3.90. The Morgan fingerprint density at radius 2 is 1.10 bits per heavy atom. The molecular weight excluding hydrogens is 326 g/mol. The molecule has 0 spiro atoms. The summed E-state index contributed by atoms with van der Waals surface area (Å²) in [5.74, 6) is 0. The van der Waals surface area contributed by atoms with E-state index in [1.807, 2.05) is 0 Å². The number of hydrogen-bond donors (Lipinski definition) is 2. The van der Waals surface area contributed by atoms with Crippen LogP contribution in [0.25, 0.3) is 0 Å². The number of phosphoric acid groups is 2. The first-order valence-electron chi connectivity index (χ1n) is 4.99. The summed E-state index contributed by atoms with van der Waals surface area (Å²) >= 11 is 0. The highest BCUT2D eigenvalue weighted by Gasteiger charge is 2.19. The van der Waals surface area contributed by atoms with Gasteiger partial charge in [0.15, 0.2) is 0 Å². The molecule has 9 nitrogen and oxygen atoms in total. The van der Waals surface area contributed by atoms with Gasteiger partial charge in [-0.25, -0.2) is 9.13 Å². The Morgan fingerprint density at radius 1 is 0.810 bits per heavy atom. The van der Waals surface area contributed by atoms with Crippen molar-refractivity contribution in [3.05, 3.63) is 51.0 Å². The molecule has 4 N–H and O–H groups in total. The van der Waals surface area contributed by atoms with Crippen LogP contribution in [0.5, 0.6) is 0 Å². The molecule has 2 unspecified atom stereocenters. The second kappa shape index (κ2) is 13.8. The van der Waals surface area contributed by atoms with Crippen molar-refractivity contribution in [2.45, 2.75) is 0 Å². The fraction of sp³-hybridized carbons (Fsp3) is 0.200. The smallest absolute Gasteiger partial charge is 0.413 e. The minimum absolute atomic E-state index is 0. The van der Waals surface area contributed by atoms with Gasteiger partial charge in [-0.1, -0.05) is 25.3 Å². The highest BCUT2D eigenvalue weighted by molar-refractivity contribution is 7.47. The Kier molecular flexibility index (Phi) is 16.3. The third kappa shape index (κ3) is 18.8. The van der Waals surface area contributed by atoms with Gasteiger partial charge in [0.25, 0.3) is 0 Å². The van der Waals surface area contributed by atoms with Crippen LogP contribution in [0.15, 0.2) is 51.0 Å². The normalized spacial score (nSPS) is 14.6.